The van der Waals surface area contributed by atoms with Crippen molar-refractivity contribution in [2.24, 2.45) is 7.05 Å². The topological polar surface area (TPSA) is 104 Å². The van der Waals surface area contributed by atoms with Gasteiger partial charge in [-0.2, -0.15) is 15.2 Å². The minimum Gasteiger partial charge on any atom is -0.436 e. The molecule has 9 heteroatoms. The van der Waals surface area contributed by atoms with E-state index in [1.807, 2.05) is 84.8 Å². The molecule has 0 spiro atoms. The molecule has 0 fully saturated rings. The van der Waals surface area contributed by atoms with Crippen molar-refractivity contribution >= 4 is 11.2 Å². The maximum Gasteiger partial charge on any atom is 0.327 e. The first-order valence-electron chi connectivity index (χ1n) is 12.7. The molecular weight excluding hydrogens is 502 g/mol. The Hall–Kier alpha value is -5.49. The predicted octanol–water partition coefficient (Wildman–Crippen LogP) is 6.35. The van der Waals surface area contributed by atoms with Gasteiger partial charge in [-0.15, -0.1) is 0 Å². The second kappa shape index (κ2) is 10.3. The van der Waals surface area contributed by atoms with Crippen LogP contribution in [0.1, 0.15) is 22.5 Å². The van der Waals surface area contributed by atoms with Crippen LogP contribution in [-0.2, 0) is 13.6 Å². The molecule has 0 aliphatic rings. The lowest BCUT2D eigenvalue weighted by Gasteiger charge is -2.12. The Labute approximate surface area is 231 Å². The maximum atomic E-state index is 9.41. The van der Waals surface area contributed by atoms with Crippen molar-refractivity contribution in [2.75, 3.05) is 0 Å². The number of nitriles is 1. The molecular formula is C31H25N7O2. The van der Waals surface area contributed by atoms with E-state index < -0.39 is 0 Å². The first-order valence-corrected chi connectivity index (χ1v) is 12.7. The highest BCUT2D eigenvalue weighted by Gasteiger charge is 2.20. The first kappa shape index (κ1) is 24.8. The number of ether oxygens (including phenoxy) is 2. The Morgan fingerprint density at radius 3 is 2.52 bits per heavy atom. The summed E-state index contributed by atoms with van der Waals surface area (Å²) in [7, 11) is 1.94. The molecule has 9 nitrogen and oxygen atoms in total. The number of aryl methyl sites for hydroxylation is 3. The van der Waals surface area contributed by atoms with E-state index in [1.165, 1.54) is 0 Å². The zero-order chi connectivity index (χ0) is 27.6. The largest absolute Gasteiger partial charge is 0.436 e. The highest BCUT2D eigenvalue weighted by molar-refractivity contribution is 5.78. The number of nitrogens with zero attached hydrogens (tertiary/aromatic N) is 7. The molecule has 0 aliphatic heterocycles. The summed E-state index contributed by atoms with van der Waals surface area (Å²) in [5.41, 5.74) is 4.43. The van der Waals surface area contributed by atoms with Crippen molar-refractivity contribution in [3.05, 3.63) is 108 Å². The molecule has 196 valence electrons. The smallest absolute Gasteiger partial charge is 0.327 e. The van der Waals surface area contributed by atoms with E-state index in [9.17, 15) is 5.26 Å². The van der Waals surface area contributed by atoms with Crippen LogP contribution in [0.4, 0.5) is 0 Å². The zero-order valence-corrected chi connectivity index (χ0v) is 22.2. The molecule has 0 amide bonds. The fraction of sp³-hybridized carbons (Fsp3) is 0.129. The second-order valence-electron chi connectivity index (χ2n) is 9.40. The Bertz CT molecular complexity index is 1880. The van der Waals surface area contributed by atoms with E-state index >= 15 is 0 Å². The summed E-state index contributed by atoms with van der Waals surface area (Å²) in [5, 5.41) is 9.41. The lowest BCUT2D eigenvalue weighted by atomic mass is 10.1. The quantitative estimate of drug-likeness (QED) is 0.238. The lowest BCUT2D eigenvalue weighted by Crippen LogP contribution is -2.04. The van der Waals surface area contributed by atoms with E-state index in [4.69, 9.17) is 19.4 Å². The van der Waals surface area contributed by atoms with Gasteiger partial charge in [0, 0.05) is 25.0 Å². The summed E-state index contributed by atoms with van der Waals surface area (Å²) in [5.74, 6) is 2.88. The number of rotatable bonds is 7. The van der Waals surface area contributed by atoms with Crippen LogP contribution < -0.4 is 9.47 Å². The number of fused-ring (bicyclic) bond motifs is 1. The van der Waals surface area contributed by atoms with Crippen LogP contribution in [0.3, 0.4) is 0 Å². The van der Waals surface area contributed by atoms with Crippen molar-refractivity contribution < 1.29 is 9.47 Å². The predicted molar refractivity (Wildman–Crippen MR) is 150 cm³/mol. The van der Waals surface area contributed by atoms with Gasteiger partial charge in [0.05, 0.1) is 18.2 Å². The molecule has 6 rings (SSSR count). The van der Waals surface area contributed by atoms with Gasteiger partial charge in [0.15, 0.2) is 11.2 Å². The molecule has 0 radical (unpaired) electrons. The Kier molecular flexibility index (Phi) is 6.42. The van der Waals surface area contributed by atoms with Gasteiger partial charge in [0.25, 0.3) is 5.88 Å². The zero-order valence-electron chi connectivity index (χ0n) is 22.2. The highest BCUT2D eigenvalue weighted by atomic mass is 16.5. The van der Waals surface area contributed by atoms with Crippen LogP contribution in [0.15, 0.2) is 85.2 Å². The summed E-state index contributed by atoms with van der Waals surface area (Å²) in [6, 6.07) is 25.3. The molecule has 3 aromatic heterocycles. The maximum absolute atomic E-state index is 9.41. The van der Waals surface area contributed by atoms with Crippen LogP contribution in [0.25, 0.3) is 22.6 Å². The van der Waals surface area contributed by atoms with E-state index in [1.54, 1.807) is 18.3 Å². The normalized spacial score (nSPS) is 10.9. The number of hydrogen-bond donors (Lipinski definition) is 0. The third-order valence-corrected chi connectivity index (χ3v) is 6.56. The van der Waals surface area contributed by atoms with Gasteiger partial charge < -0.3 is 18.6 Å². The van der Waals surface area contributed by atoms with Crippen LogP contribution >= 0.6 is 0 Å². The van der Waals surface area contributed by atoms with Crippen molar-refractivity contribution in [1.82, 2.24) is 29.1 Å². The molecule has 0 saturated heterocycles. The average Bonchev–Trinajstić information content (AvgIpc) is 3.53. The van der Waals surface area contributed by atoms with Gasteiger partial charge in [0.1, 0.15) is 23.1 Å². The average molecular weight is 528 g/mol. The van der Waals surface area contributed by atoms with Crippen molar-refractivity contribution in [2.45, 2.75) is 20.4 Å². The van der Waals surface area contributed by atoms with Crippen molar-refractivity contribution in [3.63, 3.8) is 0 Å². The third-order valence-electron chi connectivity index (χ3n) is 6.56. The summed E-state index contributed by atoms with van der Waals surface area (Å²) < 4.78 is 16.4. The molecule has 0 saturated carbocycles. The number of imidazole rings is 2. The Morgan fingerprint density at radius 1 is 0.900 bits per heavy atom. The molecule has 0 aliphatic carbocycles. The number of hydrogen-bond acceptors (Lipinski definition) is 7. The number of aromatic nitrogens is 6. The van der Waals surface area contributed by atoms with Gasteiger partial charge in [0.2, 0.25) is 0 Å². The lowest BCUT2D eigenvalue weighted by molar-refractivity contribution is 0.415. The summed E-state index contributed by atoms with van der Waals surface area (Å²) >= 11 is 0. The van der Waals surface area contributed by atoms with Gasteiger partial charge >= 0.3 is 6.01 Å². The molecule has 0 atom stereocenters. The summed E-state index contributed by atoms with van der Waals surface area (Å²) in [6.07, 6.45) is 3.64. The minimum absolute atomic E-state index is 0.114. The van der Waals surface area contributed by atoms with E-state index in [2.05, 4.69) is 28.2 Å². The monoisotopic (exact) mass is 527 g/mol. The van der Waals surface area contributed by atoms with Gasteiger partial charge in [-0.25, -0.2) is 9.97 Å². The molecule has 0 bridgehead atoms. The van der Waals surface area contributed by atoms with Crippen LogP contribution in [0.5, 0.6) is 23.4 Å². The Morgan fingerprint density at radius 2 is 1.75 bits per heavy atom. The van der Waals surface area contributed by atoms with E-state index in [0.29, 0.717) is 34.8 Å². The van der Waals surface area contributed by atoms with E-state index in [-0.39, 0.29) is 11.9 Å². The molecule has 0 N–H and O–H groups in total. The fourth-order valence-corrected chi connectivity index (χ4v) is 4.47. The van der Waals surface area contributed by atoms with Crippen LogP contribution in [-0.4, -0.2) is 29.1 Å². The molecule has 3 heterocycles. The molecule has 0 unspecified atom stereocenters. The van der Waals surface area contributed by atoms with Crippen molar-refractivity contribution in [3.8, 4) is 40.8 Å². The standard InChI is InChI=1S/C31H25N7O2/c1-20-12-13-23(18-32)16-26(20)40-30-27-29(38(21(2)34-27)19-22-8-5-4-6-9-22)35-31(36-30)39-25-11-7-10-24(17-25)28-33-14-15-37(28)3/h4-17H,19H2,1-3H3. The summed E-state index contributed by atoms with van der Waals surface area (Å²) in [6.45, 7) is 4.40. The fourth-order valence-electron chi connectivity index (χ4n) is 4.47. The third kappa shape index (κ3) is 4.86. The molecule has 6 aromatic rings. The Balaban J connectivity index is 1.45. The molecule has 40 heavy (non-hydrogen) atoms. The second-order valence-corrected chi connectivity index (χ2v) is 9.40. The van der Waals surface area contributed by atoms with Crippen LogP contribution in [0, 0.1) is 25.2 Å². The van der Waals surface area contributed by atoms with Crippen LogP contribution in [0.2, 0.25) is 0 Å². The first-order chi connectivity index (χ1) is 19.5. The SMILES string of the molecule is Cc1ccc(C#N)cc1Oc1nc(Oc2cccc(-c3nccn3C)c2)nc2c1nc(C)n2Cc1ccccc1. The highest BCUT2D eigenvalue weighted by Crippen LogP contribution is 2.33. The van der Waals surface area contributed by atoms with Crippen molar-refractivity contribution in [1.29, 1.82) is 5.26 Å². The summed E-state index contributed by atoms with van der Waals surface area (Å²) in [4.78, 5) is 18.6. The van der Waals surface area contributed by atoms with E-state index in [0.717, 1.165) is 28.3 Å². The number of benzene rings is 3. The van der Waals surface area contributed by atoms with Gasteiger partial charge in [-0.05, 0) is 49.2 Å². The molecule has 3 aromatic carbocycles. The van der Waals surface area contributed by atoms with Gasteiger partial charge in [-0.1, -0.05) is 48.5 Å². The minimum atomic E-state index is 0.114. The van der Waals surface area contributed by atoms with Gasteiger partial charge in [-0.3, -0.25) is 0 Å².